The summed E-state index contributed by atoms with van der Waals surface area (Å²) in [6.07, 6.45) is -4.14. The van der Waals surface area contributed by atoms with E-state index in [1.165, 1.54) is 0 Å². The number of hydrogen-bond donors (Lipinski definition) is 2. The number of amides is 1. The number of nitrogens with zero attached hydrogens (tertiary/aromatic N) is 3. The Morgan fingerprint density at radius 3 is 2.50 bits per heavy atom. The van der Waals surface area contributed by atoms with Gasteiger partial charge >= 0.3 is 6.18 Å². The van der Waals surface area contributed by atoms with Crippen LogP contribution in [-0.4, -0.2) is 52.9 Å². The Kier molecular flexibility index (Phi) is 7.95. The average molecular weight is 492 g/mol. The molecule has 2 aromatic rings. The van der Waals surface area contributed by atoms with E-state index in [9.17, 15) is 18.0 Å². The molecule has 1 aliphatic rings. The van der Waals surface area contributed by atoms with Gasteiger partial charge in [-0.2, -0.15) is 18.3 Å². The van der Waals surface area contributed by atoms with Crippen molar-refractivity contribution < 1.29 is 18.0 Å². The highest BCUT2D eigenvalue weighted by atomic mass is 35.5. The maximum atomic E-state index is 13.8. The molecule has 1 aromatic carbocycles. The van der Waals surface area contributed by atoms with Crippen molar-refractivity contribution in [3.63, 3.8) is 0 Å². The van der Waals surface area contributed by atoms with Crippen LogP contribution in [0.15, 0.2) is 24.3 Å². The fourth-order valence-electron chi connectivity index (χ4n) is 3.78. The van der Waals surface area contributed by atoms with Gasteiger partial charge in [0.2, 0.25) is 0 Å². The van der Waals surface area contributed by atoms with Crippen molar-refractivity contribution in [2.24, 2.45) is 0 Å². The van der Waals surface area contributed by atoms with Gasteiger partial charge in [0.05, 0.1) is 6.04 Å². The van der Waals surface area contributed by atoms with Crippen molar-refractivity contribution in [3.05, 3.63) is 45.6 Å². The SMILES string of the molecule is CCN(CC)CCCNC(=O)c1nn2c(c1Cl)N[C@H](c1ccc(Cl)cc1)C[C@@H]2C(F)(F)F. The van der Waals surface area contributed by atoms with E-state index >= 15 is 0 Å². The Morgan fingerprint density at radius 2 is 1.91 bits per heavy atom. The summed E-state index contributed by atoms with van der Waals surface area (Å²) in [7, 11) is 0. The molecule has 32 heavy (non-hydrogen) atoms. The van der Waals surface area contributed by atoms with Crippen LogP contribution in [-0.2, 0) is 0 Å². The van der Waals surface area contributed by atoms with Crippen LogP contribution in [0, 0.1) is 0 Å². The van der Waals surface area contributed by atoms with Crippen LogP contribution >= 0.6 is 23.2 Å². The van der Waals surface area contributed by atoms with E-state index in [0.29, 0.717) is 23.6 Å². The van der Waals surface area contributed by atoms with Crippen molar-refractivity contribution in [3.8, 4) is 0 Å². The number of carbonyl (C=O) groups excluding carboxylic acids is 1. The first-order chi connectivity index (χ1) is 15.2. The molecule has 3 rings (SSSR count). The zero-order valence-corrected chi connectivity index (χ0v) is 19.4. The van der Waals surface area contributed by atoms with Crippen LogP contribution in [0.5, 0.6) is 0 Å². The molecule has 0 saturated carbocycles. The summed E-state index contributed by atoms with van der Waals surface area (Å²) in [5.41, 5.74) is 0.414. The minimum Gasteiger partial charge on any atom is -0.362 e. The highest BCUT2D eigenvalue weighted by Gasteiger charge is 2.47. The van der Waals surface area contributed by atoms with Gasteiger partial charge in [0.1, 0.15) is 10.8 Å². The van der Waals surface area contributed by atoms with Gasteiger partial charge in [-0.25, -0.2) is 4.68 Å². The molecule has 0 spiro atoms. The van der Waals surface area contributed by atoms with E-state index in [4.69, 9.17) is 23.2 Å². The number of aromatic nitrogens is 2. The minimum absolute atomic E-state index is 0.0199. The molecule has 0 bridgehead atoms. The molecule has 0 unspecified atom stereocenters. The lowest BCUT2D eigenvalue weighted by Crippen LogP contribution is -2.36. The van der Waals surface area contributed by atoms with Gasteiger partial charge < -0.3 is 15.5 Å². The number of halogens is 5. The number of fused-ring (bicyclic) bond motifs is 1. The topological polar surface area (TPSA) is 62.2 Å². The van der Waals surface area contributed by atoms with E-state index in [2.05, 4.69) is 34.5 Å². The quantitative estimate of drug-likeness (QED) is 0.491. The number of alkyl halides is 3. The van der Waals surface area contributed by atoms with Crippen LogP contribution < -0.4 is 10.6 Å². The smallest absolute Gasteiger partial charge is 0.362 e. The molecule has 0 saturated heterocycles. The normalized spacial score (nSPS) is 18.4. The molecule has 1 aromatic heterocycles. The van der Waals surface area contributed by atoms with Crippen LogP contribution in [0.2, 0.25) is 10.0 Å². The molecule has 6 nitrogen and oxygen atoms in total. The third-order valence-corrected chi connectivity index (χ3v) is 6.22. The zero-order valence-electron chi connectivity index (χ0n) is 17.8. The summed E-state index contributed by atoms with van der Waals surface area (Å²) >= 11 is 12.2. The second kappa shape index (κ2) is 10.3. The first kappa shape index (κ1) is 24.7. The summed E-state index contributed by atoms with van der Waals surface area (Å²) in [6, 6.07) is 3.98. The molecular formula is C21H26Cl2F3N5O. The summed E-state index contributed by atoms with van der Waals surface area (Å²) in [6.45, 7) is 7.10. The third-order valence-electron chi connectivity index (χ3n) is 5.61. The Labute approximate surface area is 195 Å². The number of carbonyl (C=O) groups is 1. The van der Waals surface area contributed by atoms with Gasteiger partial charge in [-0.1, -0.05) is 49.2 Å². The van der Waals surface area contributed by atoms with Gasteiger partial charge in [-0.15, -0.1) is 0 Å². The minimum atomic E-state index is -4.56. The van der Waals surface area contributed by atoms with Crippen molar-refractivity contribution >= 4 is 34.9 Å². The predicted molar refractivity (Wildman–Crippen MR) is 119 cm³/mol. The highest BCUT2D eigenvalue weighted by Crippen LogP contribution is 2.46. The van der Waals surface area contributed by atoms with Crippen LogP contribution in [0.25, 0.3) is 0 Å². The predicted octanol–water partition coefficient (Wildman–Crippen LogP) is 5.31. The number of benzene rings is 1. The highest BCUT2D eigenvalue weighted by molar-refractivity contribution is 6.36. The van der Waals surface area contributed by atoms with Crippen molar-refractivity contribution in [2.45, 2.75) is 44.9 Å². The van der Waals surface area contributed by atoms with Crippen LogP contribution in [0.1, 0.15) is 54.8 Å². The molecule has 1 amide bonds. The van der Waals surface area contributed by atoms with Gasteiger partial charge in [0.25, 0.3) is 5.91 Å². The fourth-order valence-corrected chi connectivity index (χ4v) is 4.17. The molecule has 1 aliphatic heterocycles. The largest absolute Gasteiger partial charge is 0.410 e. The van der Waals surface area contributed by atoms with E-state index in [0.717, 1.165) is 24.3 Å². The second-order valence-electron chi connectivity index (χ2n) is 7.63. The van der Waals surface area contributed by atoms with Crippen molar-refractivity contribution in [1.29, 1.82) is 0 Å². The first-order valence-electron chi connectivity index (χ1n) is 10.5. The van der Waals surface area contributed by atoms with Gasteiger partial charge in [-0.05, 0) is 43.8 Å². The molecule has 2 heterocycles. The molecule has 0 fully saturated rings. The van der Waals surface area contributed by atoms with E-state index in [1.807, 2.05) is 0 Å². The summed E-state index contributed by atoms with van der Waals surface area (Å²) in [5.74, 6) is -0.615. The fraction of sp³-hybridized carbons (Fsp3) is 0.524. The molecule has 2 atom stereocenters. The Balaban J connectivity index is 1.80. The van der Waals surface area contributed by atoms with Crippen LogP contribution in [0.3, 0.4) is 0 Å². The molecule has 0 aliphatic carbocycles. The maximum Gasteiger partial charge on any atom is 0.410 e. The summed E-state index contributed by atoms with van der Waals surface area (Å²) in [4.78, 5) is 14.8. The van der Waals surface area contributed by atoms with Crippen LogP contribution in [0.4, 0.5) is 19.0 Å². The molecule has 176 valence electrons. The Bertz CT molecular complexity index is 929. The monoisotopic (exact) mass is 491 g/mol. The lowest BCUT2D eigenvalue weighted by molar-refractivity contribution is -0.173. The Hall–Kier alpha value is -1.97. The number of nitrogens with one attached hydrogen (secondary N) is 2. The lowest BCUT2D eigenvalue weighted by atomic mass is 9.97. The van der Waals surface area contributed by atoms with Gasteiger partial charge in [-0.3, -0.25) is 4.79 Å². The average Bonchev–Trinajstić information content (AvgIpc) is 3.09. The molecular weight excluding hydrogens is 466 g/mol. The number of rotatable bonds is 8. The first-order valence-corrected chi connectivity index (χ1v) is 11.3. The molecule has 2 N–H and O–H groups in total. The van der Waals surface area contributed by atoms with Crippen molar-refractivity contribution in [1.82, 2.24) is 20.0 Å². The summed E-state index contributed by atoms with van der Waals surface area (Å²) in [5, 5.41) is 10.0. The molecule has 11 heteroatoms. The van der Waals surface area contributed by atoms with E-state index < -0.39 is 24.2 Å². The zero-order chi connectivity index (χ0) is 23.5. The van der Waals surface area contributed by atoms with Crippen molar-refractivity contribution in [2.75, 3.05) is 31.5 Å². The van der Waals surface area contributed by atoms with E-state index in [-0.39, 0.29) is 23.0 Å². The number of hydrogen-bond acceptors (Lipinski definition) is 4. The van der Waals surface area contributed by atoms with Gasteiger partial charge in [0, 0.05) is 18.0 Å². The van der Waals surface area contributed by atoms with E-state index in [1.54, 1.807) is 24.3 Å². The van der Waals surface area contributed by atoms with Gasteiger partial charge in [0.15, 0.2) is 11.7 Å². The summed E-state index contributed by atoms with van der Waals surface area (Å²) < 4.78 is 42.3. The standard InChI is InChI=1S/C21H26Cl2F3N5O/c1-3-30(4-2)11-5-10-27-20(32)18-17(23)19-28-15(13-6-8-14(22)9-7-13)12-16(21(24,25)26)31(19)29-18/h6-9,15-16,28H,3-5,10-12H2,1-2H3,(H,27,32)/t15-,16+/m0/s1. The Morgan fingerprint density at radius 1 is 1.25 bits per heavy atom. The number of anilines is 1. The molecule has 0 radical (unpaired) electrons. The lowest BCUT2D eigenvalue weighted by Gasteiger charge is -2.33. The maximum absolute atomic E-state index is 13.8. The third kappa shape index (κ3) is 5.50. The second-order valence-corrected chi connectivity index (χ2v) is 8.45.